The van der Waals surface area contributed by atoms with Gasteiger partial charge < -0.3 is 16.4 Å². The van der Waals surface area contributed by atoms with Gasteiger partial charge in [-0.3, -0.25) is 9.59 Å². The Balaban J connectivity index is 1.86. The number of benzene rings is 1. The number of hydrogen-bond donors (Lipinski definition) is 3. The smallest absolute Gasteiger partial charge is 0.251 e. The fraction of sp³-hybridized carbons (Fsp3) is 0.0769. The molecule has 0 aliphatic carbocycles. The van der Waals surface area contributed by atoms with E-state index in [1.807, 2.05) is 0 Å². The number of anilines is 2. The highest BCUT2D eigenvalue weighted by Gasteiger charge is 2.08. The Morgan fingerprint density at radius 2 is 1.90 bits per heavy atom. The second-order valence-electron chi connectivity index (χ2n) is 4.08. The molecule has 0 fully saturated rings. The summed E-state index contributed by atoms with van der Waals surface area (Å²) in [6.07, 6.45) is 1.23. The topological polar surface area (TPSA) is 110 Å². The van der Waals surface area contributed by atoms with Gasteiger partial charge in [0, 0.05) is 17.3 Å². The summed E-state index contributed by atoms with van der Waals surface area (Å²) in [5.74, 6) is -0.527. The number of halogens is 1. The lowest BCUT2D eigenvalue weighted by Gasteiger charge is -2.06. The Morgan fingerprint density at radius 3 is 2.57 bits per heavy atom. The van der Waals surface area contributed by atoms with Crippen molar-refractivity contribution in [3.05, 3.63) is 47.4 Å². The predicted octanol–water partition coefficient (Wildman–Crippen LogP) is 1.08. The molecule has 2 rings (SSSR count). The van der Waals surface area contributed by atoms with Crippen LogP contribution in [0.2, 0.25) is 5.15 Å². The fourth-order valence-corrected chi connectivity index (χ4v) is 1.63. The number of nitrogens with one attached hydrogen (secondary N) is 2. The van der Waals surface area contributed by atoms with Crippen molar-refractivity contribution in [2.75, 3.05) is 17.6 Å². The van der Waals surface area contributed by atoms with E-state index in [2.05, 4.69) is 20.6 Å². The number of nitrogens with two attached hydrogens (primary N) is 1. The van der Waals surface area contributed by atoms with Crippen LogP contribution in [0.5, 0.6) is 0 Å². The molecule has 0 radical (unpaired) electrons. The minimum absolute atomic E-state index is 0.190. The number of amides is 2. The van der Waals surface area contributed by atoms with Crippen LogP contribution in [0.25, 0.3) is 0 Å². The van der Waals surface area contributed by atoms with Gasteiger partial charge in [-0.2, -0.15) is 0 Å². The summed E-state index contributed by atoms with van der Waals surface area (Å²) in [5, 5.41) is 5.19. The third-order valence-corrected chi connectivity index (χ3v) is 2.69. The molecule has 4 N–H and O–H groups in total. The first-order valence-electron chi connectivity index (χ1n) is 5.96. The van der Waals surface area contributed by atoms with Gasteiger partial charge >= 0.3 is 0 Å². The van der Waals surface area contributed by atoms with E-state index in [0.29, 0.717) is 11.3 Å². The van der Waals surface area contributed by atoms with Gasteiger partial charge in [0.05, 0.1) is 6.54 Å². The lowest BCUT2D eigenvalue weighted by molar-refractivity contribution is -0.115. The van der Waals surface area contributed by atoms with Gasteiger partial charge in [0.2, 0.25) is 5.91 Å². The molecule has 2 amide bonds. The van der Waals surface area contributed by atoms with Crippen LogP contribution in [0, 0.1) is 0 Å². The number of hydrogen-bond acceptors (Lipinski definition) is 5. The molecule has 1 aromatic carbocycles. The normalized spacial score (nSPS) is 9.95. The molecule has 0 spiro atoms. The monoisotopic (exact) mass is 305 g/mol. The zero-order valence-corrected chi connectivity index (χ0v) is 11.6. The molecule has 2 aromatic rings. The van der Waals surface area contributed by atoms with Crippen molar-refractivity contribution in [2.24, 2.45) is 0 Å². The van der Waals surface area contributed by atoms with Crippen LogP contribution in [-0.4, -0.2) is 28.3 Å². The van der Waals surface area contributed by atoms with Crippen molar-refractivity contribution in [1.29, 1.82) is 0 Å². The standard InChI is InChI=1S/C13H12ClN5O2/c14-10-5-11(18-7-17-10)19-12(20)6-16-13(21)8-1-3-9(15)4-2-8/h1-5,7H,6,15H2,(H,16,21)(H,17,18,19,20). The van der Waals surface area contributed by atoms with Crippen molar-refractivity contribution in [1.82, 2.24) is 15.3 Å². The van der Waals surface area contributed by atoms with Gasteiger partial charge in [0.25, 0.3) is 5.91 Å². The Hall–Kier alpha value is -2.67. The van der Waals surface area contributed by atoms with Crippen molar-refractivity contribution in [2.45, 2.75) is 0 Å². The zero-order valence-electron chi connectivity index (χ0n) is 10.8. The number of nitrogens with zero attached hydrogens (tertiary/aromatic N) is 2. The summed E-state index contributed by atoms with van der Waals surface area (Å²) >= 11 is 5.67. The summed E-state index contributed by atoms with van der Waals surface area (Å²) in [6, 6.07) is 7.77. The highest BCUT2D eigenvalue weighted by molar-refractivity contribution is 6.29. The summed E-state index contributed by atoms with van der Waals surface area (Å²) in [4.78, 5) is 31.0. The Kier molecular flexibility index (Phi) is 4.68. The molecule has 0 aliphatic heterocycles. The highest BCUT2D eigenvalue weighted by Crippen LogP contribution is 2.08. The lowest BCUT2D eigenvalue weighted by atomic mass is 10.2. The molecular formula is C13H12ClN5O2. The van der Waals surface area contributed by atoms with Gasteiger partial charge in [-0.05, 0) is 24.3 Å². The van der Waals surface area contributed by atoms with Crippen LogP contribution in [0.1, 0.15) is 10.4 Å². The first-order valence-corrected chi connectivity index (χ1v) is 6.33. The van der Waals surface area contributed by atoms with E-state index < -0.39 is 5.91 Å². The molecular weight excluding hydrogens is 294 g/mol. The van der Waals surface area contributed by atoms with Crippen LogP contribution < -0.4 is 16.4 Å². The third kappa shape index (κ3) is 4.43. The number of rotatable bonds is 4. The largest absolute Gasteiger partial charge is 0.399 e. The minimum Gasteiger partial charge on any atom is -0.399 e. The van der Waals surface area contributed by atoms with E-state index >= 15 is 0 Å². The zero-order chi connectivity index (χ0) is 15.2. The third-order valence-electron chi connectivity index (χ3n) is 2.48. The SMILES string of the molecule is Nc1ccc(C(=O)NCC(=O)Nc2cc(Cl)ncn2)cc1. The molecule has 0 unspecified atom stereocenters. The van der Waals surface area contributed by atoms with Gasteiger partial charge in [-0.1, -0.05) is 11.6 Å². The first-order chi connectivity index (χ1) is 10.0. The Bertz CT molecular complexity index is 660. The average molecular weight is 306 g/mol. The van der Waals surface area contributed by atoms with Crippen molar-refractivity contribution < 1.29 is 9.59 Å². The van der Waals surface area contributed by atoms with Crippen LogP contribution in [-0.2, 0) is 4.79 Å². The van der Waals surface area contributed by atoms with Crippen molar-refractivity contribution in [3.8, 4) is 0 Å². The van der Waals surface area contributed by atoms with E-state index in [9.17, 15) is 9.59 Å². The molecule has 0 saturated carbocycles. The molecule has 8 heteroatoms. The maximum Gasteiger partial charge on any atom is 0.251 e. The molecule has 0 bridgehead atoms. The predicted molar refractivity (Wildman–Crippen MR) is 78.9 cm³/mol. The van der Waals surface area contributed by atoms with Crippen LogP contribution in [0.4, 0.5) is 11.5 Å². The average Bonchev–Trinajstić information content (AvgIpc) is 2.45. The van der Waals surface area contributed by atoms with Crippen molar-refractivity contribution >= 4 is 34.9 Å². The van der Waals surface area contributed by atoms with E-state index in [1.165, 1.54) is 12.4 Å². The number of aromatic nitrogens is 2. The highest BCUT2D eigenvalue weighted by atomic mass is 35.5. The molecule has 1 aromatic heterocycles. The van der Waals surface area contributed by atoms with Crippen LogP contribution in [0.15, 0.2) is 36.7 Å². The number of carbonyl (C=O) groups excluding carboxylic acids is 2. The van der Waals surface area contributed by atoms with Crippen LogP contribution in [0.3, 0.4) is 0 Å². The van der Waals surface area contributed by atoms with E-state index in [-0.39, 0.29) is 23.4 Å². The second kappa shape index (κ2) is 6.67. The maximum absolute atomic E-state index is 11.8. The van der Waals surface area contributed by atoms with E-state index in [1.54, 1.807) is 24.3 Å². The van der Waals surface area contributed by atoms with Gasteiger partial charge in [0.15, 0.2) is 0 Å². The summed E-state index contributed by atoms with van der Waals surface area (Å²) in [7, 11) is 0. The van der Waals surface area contributed by atoms with Crippen molar-refractivity contribution in [3.63, 3.8) is 0 Å². The maximum atomic E-state index is 11.8. The second-order valence-corrected chi connectivity index (χ2v) is 4.47. The minimum atomic E-state index is -0.423. The number of nitrogen functional groups attached to an aromatic ring is 1. The molecule has 108 valence electrons. The Morgan fingerprint density at radius 1 is 1.19 bits per heavy atom. The molecule has 1 heterocycles. The lowest BCUT2D eigenvalue weighted by Crippen LogP contribution is -2.33. The molecule has 21 heavy (non-hydrogen) atoms. The fourth-order valence-electron chi connectivity index (χ4n) is 1.49. The van der Waals surface area contributed by atoms with E-state index in [0.717, 1.165) is 0 Å². The molecule has 0 atom stereocenters. The molecule has 7 nitrogen and oxygen atoms in total. The summed E-state index contributed by atoms with van der Waals surface area (Å²) in [6.45, 7) is -0.190. The van der Waals surface area contributed by atoms with E-state index in [4.69, 9.17) is 17.3 Å². The van der Waals surface area contributed by atoms with Crippen LogP contribution >= 0.6 is 11.6 Å². The molecule has 0 aliphatic rings. The van der Waals surface area contributed by atoms with Gasteiger partial charge in [-0.15, -0.1) is 0 Å². The number of carbonyl (C=O) groups is 2. The molecule has 0 saturated heterocycles. The van der Waals surface area contributed by atoms with Gasteiger partial charge in [-0.25, -0.2) is 9.97 Å². The Labute approximate surface area is 125 Å². The van der Waals surface area contributed by atoms with Gasteiger partial charge in [0.1, 0.15) is 17.3 Å². The summed E-state index contributed by atoms with van der Waals surface area (Å²) in [5.41, 5.74) is 6.51. The first kappa shape index (κ1) is 14.7. The summed E-state index contributed by atoms with van der Waals surface area (Å²) < 4.78 is 0. The quantitative estimate of drug-likeness (QED) is 0.578.